The highest BCUT2D eigenvalue weighted by molar-refractivity contribution is 6.92. The Hall–Kier alpha value is -1.42. The molecule has 0 aliphatic carbocycles. The summed E-state index contributed by atoms with van der Waals surface area (Å²) in [5.41, 5.74) is 0. The lowest BCUT2D eigenvalue weighted by molar-refractivity contribution is 0.109. The van der Waals surface area contributed by atoms with E-state index in [9.17, 15) is 0 Å². The SMILES string of the molecule is CCCCCCO[Si](OC(C)C(C)C)(c1ccccc1)c1ccccc1. The van der Waals surface area contributed by atoms with Gasteiger partial charge in [0.05, 0.1) is 0 Å². The molecule has 2 nitrogen and oxygen atoms in total. The fourth-order valence-corrected chi connectivity index (χ4v) is 6.46. The van der Waals surface area contributed by atoms with E-state index in [0.29, 0.717) is 5.92 Å². The Labute approximate surface area is 160 Å². The van der Waals surface area contributed by atoms with Gasteiger partial charge in [-0.25, -0.2) is 0 Å². The van der Waals surface area contributed by atoms with Crippen molar-refractivity contribution in [1.29, 1.82) is 0 Å². The van der Waals surface area contributed by atoms with E-state index in [2.05, 4.69) is 88.4 Å². The summed E-state index contributed by atoms with van der Waals surface area (Å²) >= 11 is 0. The molecule has 2 rings (SSSR count). The Balaban J connectivity index is 2.38. The summed E-state index contributed by atoms with van der Waals surface area (Å²) in [6.07, 6.45) is 4.93. The molecule has 0 heterocycles. The fourth-order valence-electron chi connectivity index (χ4n) is 2.96. The zero-order chi connectivity index (χ0) is 18.8. The number of hydrogen-bond acceptors (Lipinski definition) is 2. The zero-order valence-electron chi connectivity index (χ0n) is 16.8. The monoisotopic (exact) mass is 370 g/mol. The highest BCUT2D eigenvalue weighted by Crippen LogP contribution is 2.17. The molecule has 0 saturated carbocycles. The summed E-state index contributed by atoms with van der Waals surface area (Å²) in [5.74, 6) is 0.443. The average molecular weight is 371 g/mol. The first-order chi connectivity index (χ1) is 12.6. The van der Waals surface area contributed by atoms with Gasteiger partial charge in [-0.2, -0.15) is 0 Å². The predicted octanol–water partition coefficient (Wildman–Crippen LogP) is 4.90. The molecule has 3 heteroatoms. The number of benzene rings is 2. The third-order valence-corrected chi connectivity index (χ3v) is 8.40. The molecular formula is C23H34O2Si. The van der Waals surface area contributed by atoms with Gasteiger partial charge in [0.25, 0.3) is 0 Å². The molecule has 0 aliphatic rings. The van der Waals surface area contributed by atoms with Gasteiger partial charge < -0.3 is 8.85 Å². The van der Waals surface area contributed by atoms with Crippen LogP contribution in [0.15, 0.2) is 60.7 Å². The van der Waals surface area contributed by atoms with Crippen molar-refractivity contribution < 1.29 is 8.85 Å². The van der Waals surface area contributed by atoms with Gasteiger partial charge in [-0.15, -0.1) is 0 Å². The smallest absolute Gasteiger partial charge is 0.388 e. The predicted molar refractivity (Wildman–Crippen MR) is 113 cm³/mol. The van der Waals surface area contributed by atoms with Gasteiger partial charge in [0.2, 0.25) is 0 Å². The minimum absolute atomic E-state index is 0.137. The number of rotatable bonds is 11. The van der Waals surface area contributed by atoms with Gasteiger partial charge in [0.15, 0.2) is 0 Å². The Bertz CT molecular complexity index is 573. The quantitative estimate of drug-likeness (QED) is 0.414. The molecule has 0 amide bonds. The van der Waals surface area contributed by atoms with E-state index in [1.165, 1.54) is 29.6 Å². The molecule has 0 aliphatic heterocycles. The lowest BCUT2D eigenvalue weighted by Crippen LogP contribution is -2.65. The summed E-state index contributed by atoms with van der Waals surface area (Å²) in [4.78, 5) is 0. The van der Waals surface area contributed by atoms with Gasteiger partial charge in [-0.1, -0.05) is 101 Å². The molecule has 0 saturated heterocycles. The van der Waals surface area contributed by atoms with E-state index in [0.717, 1.165) is 13.0 Å². The van der Waals surface area contributed by atoms with Crippen LogP contribution in [0.5, 0.6) is 0 Å². The molecule has 0 bridgehead atoms. The maximum Gasteiger partial charge on any atom is 0.407 e. The molecule has 1 atom stereocenters. The molecule has 142 valence electrons. The van der Waals surface area contributed by atoms with E-state index in [1.807, 2.05) is 0 Å². The molecule has 1 unspecified atom stereocenters. The van der Waals surface area contributed by atoms with Crippen LogP contribution in [0.1, 0.15) is 53.4 Å². The number of hydrogen-bond donors (Lipinski definition) is 0. The Morgan fingerprint density at radius 2 is 1.31 bits per heavy atom. The molecule has 0 radical (unpaired) electrons. The van der Waals surface area contributed by atoms with Crippen LogP contribution in [0, 0.1) is 5.92 Å². The average Bonchev–Trinajstić information content (AvgIpc) is 2.68. The first-order valence-corrected chi connectivity index (χ1v) is 11.8. The van der Waals surface area contributed by atoms with Gasteiger partial charge in [-0.3, -0.25) is 0 Å². The molecule has 0 aromatic heterocycles. The van der Waals surface area contributed by atoms with Crippen molar-refractivity contribution in [3.8, 4) is 0 Å². The van der Waals surface area contributed by atoms with Gasteiger partial charge in [-0.05, 0) is 29.6 Å². The Morgan fingerprint density at radius 1 is 0.769 bits per heavy atom. The van der Waals surface area contributed by atoms with Gasteiger partial charge >= 0.3 is 8.56 Å². The van der Waals surface area contributed by atoms with Crippen LogP contribution in [0.3, 0.4) is 0 Å². The maximum absolute atomic E-state index is 6.79. The standard InChI is InChI=1S/C23H34O2Si/c1-5-6-7-14-19-24-26(25-21(4)20(2)3,22-15-10-8-11-16-22)23-17-12-9-13-18-23/h8-13,15-18,20-21H,5-7,14,19H2,1-4H3. The van der Waals surface area contributed by atoms with Crippen molar-refractivity contribution in [3.05, 3.63) is 60.7 Å². The summed E-state index contributed by atoms with van der Waals surface area (Å²) < 4.78 is 13.5. The molecule has 0 N–H and O–H groups in total. The second kappa shape index (κ2) is 10.7. The second-order valence-corrected chi connectivity index (χ2v) is 10.2. The number of unbranched alkanes of at least 4 members (excludes halogenated alkanes) is 3. The molecule has 0 spiro atoms. The van der Waals surface area contributed by atoms with Crippen molar-refractivity contribution in [1.82, 2.24) is 0 Å². The van der Waals surface area contributed by atoms with E-state index in [4.69, 9.17) is 8.85 Å². The van der Waals surface area contributed by atoms with E-state index in [1.54, 1.807) is 0 Å². The highest BCUT2D eigenvalue weighted by atomic mass is 28.4. The van der Waals surface area contributed by atoms with Crippen LogP contribution in [0.4, 0.5) is 0 Å². The Kier molecular flexibility index (Phi) is 8.56. The summed E-state index contributed by atoms with van der Waals surface area (Å²) in [6.45, 7) is 9.57. The normalized spacial score (nSPS) is 13.1. The van der Waals surface area contributed by atoms with Crippen molar-refractivity contribution in [2.24, 2.45) is 5.92 Å². The molecule has 0 fully saturated rings. The van der Waals surface area contributed by atoms with E-state index in [-0.39, 0.29) is 6.10 Å². The minimum Gasteiger partial charge on any atom is -0.388 e. The van der Waals surface area contributed by atoms with Crippen molar-refractivity contribution in [3.63, 3.8) is 0 Å². The van der Waals surface area contributed by atoms with E-state index >= 15 is 0 Å². The fraction of sp³-hybridized carbons (Fsp3) is 0.478. The highest BCUT2D eigenvalue weighted by Gasteiger charge is 2.44. The summed E-state index contributed by atoms with van der Waals surface area (Å²) in [5, 5.41) is 2.38. The van der Waals surface area contributed by atoms with Crippen LogP contribution in [0.2, 0.25) is 0 Å². The molecule has 2 aromatic carbocycles. The van der Waals surface area contributed by atoms with Crippen LogP contribution in [0.25, 0.3) is 0 Å². The summed E-state index contributed by atoms with van der Waals surface area (Å²) in [6, 6.07) is 21.1. The second-order valence-electron chi connectivity index (χ2n) is 7.32. The minimum atomic E-state index is -2.73. The topological polar surface area (TPSA) is 18.5 Å². The first kappa shape index (κ1) is 20.9. The third-order valence-electron chi connectivity index (χ3n) is 4.90. The summed E-state index contributed by atoms with van der Waals surface area (Å²) in [7, 11) is -2.73. The molecule has 26 heavy (non-hydrogen) atoms. The van der Waals surface area contributed by atoms with Gasteiger partial charge in [0, 0.05) is 12.7 Å². The third kappa shape index (κ3) is 5.54. The van der Waals surface area contributed by atoms with E-state index < -0.39 is 8.56 Å². The van der Waals surface area contributed by atoms with Gasteiger partial charge in [0.1, 0.15) is 0 Å². The van der Waals surface area contributed by atoms with Crippen molar-refractivity contribution in [2.75, 3.05) is 6.61 Å². The largest absolute Gasteiger partial charge is 0.407 e. The van der Waals surface area contributed by atoms with Crippen LogP contribution in [-0.4, -0.2) is 21.3 Å². The van der Waals surface area contributed by atoms with Crippen molar-refractivity contribution in [2.45, 2.75) is 59.5 Å². The first-order valence-electron chi connectivity index (χ1n) is 10.0. The van der Waals surface area contributed by atoms with Crippen LogP contribution >= 0.6 is 0 Å². The van der Waals surface area contributed by atoms with Crippen molar-refractivity contribution >= 4 is 18.9 Å². The molecular weight excluding hydrogens is 336 g/mol. The lowest BCUT2D eigenvalue weighted by Gasteiger charge is -2.35. The van der Waals surface area contributed by atoms with Crippen LogP contribution in [-0.2, 0) is 8.85 Å². The molecule has 2 aromatic rings. The zero-order valence-corrected chi connectivity index (χ0v) is 17.8. The maximum atomic E-state index is 6.79. The lowest BCUT2D eigenvalue weighted by atomic mass is 10.1. The Morgan fingerprint density at radius 3 is 1.77 bits per heavy atom. The van der Waals surface area contributed by atoms with Crippen LogP contribution < -0.4 is 10.4 Å².